The van der Waals surface area contributed by atoms with Crippen molar-refractivity contribution in [2.75, 3.05) is 55.9 Å². The second-order valence-electron chi connectivity index (χ2n) is 13.9. The Hall–Kier alpha value is -4.29. The van der Waals surface area contributed by atoms with Crippen molar-refractivity contribution < 1.29 is 57.0 Å². The minimum atomic E-state index is -0.668. The molecule has 0 aromatic heterocycles. The van der Waals surface area contributed by atoms with Gasteiger partial charge in [-0.1, -0.05) is 17.7 Å². The zero-order valence-corrected chi connectivity index (χ0v) is 32.6. The van der Waals surface area contributed by atoms with Gasteiger partial charge >= 0.3 is 11.9 Å². The zero-order chi connectivity index (χ0) is 38.6. The average Bonchev–Trinajstić information content (AvgIpc) is 3.12. The van der Waals surface area contributed by atoms with Crippen LogP contribution in [0.15, 0.2) is 29.8 Å². The number of benzene rings is 2. The van der Waals surface area contributed by atoms with Crippen LogP contribution in [0.4, 0.5) is 0 Å². The first kappa shape index (κ1) is 42.1. The third-order valence-corrected chi connectivity index (χ3v) is 9.28. The van der Waals surface area contributed by atoms with E-state index in [1.165, 1.54) is 26.9 Å². The molecule has 2 aromatic rings. The molecule has 0 aliphatic carbocycles. The maximum atomic E-state index is 14.0. The predicted octanol–water partition coefficient (Wildman–Crippen LogP) is 6.96. The minimum absolute atomic E-state index is 0.0781. The molecule has 0 amide bonds. The van der Waals surface area contributed by atoms with Crippen LogP contribution in [0.5, 0.6) is 28.7 Å². The lowest BCUT2D eigenvalue weighted by Gasteiger charge is -2.31. The largest absolute Gasteiger partial charge is 0.496 e. The molecule has 0 saturated carbocycles. The molecule has 1 aliphatic heterocycles. The van der Waals surface area contributed by atoms with Gasteiger partial charge in [0.1, 0.15) is 42.1 Å². The molecule has 0 fully saturated rings. The number of esters is 2. The van der Waals surface area contributed by atoms with Gasteiger partial charge in [0.25, 0.3) is 0 Å². The van der Waals surface area contributed by atoms with Crippen LogP contribution < -0.4 is 23.7 Å². The summed E-state index contributed by atoms with van der Waals surface area (Å²) in [5.74, 6) is 1.43. The van der Waals surface area contributed by atoms with E-state index in [1.807, 2.05) is 39.8 Å². The van der Waals surface area contributed by atoms with Crippen molar-refractivity contribution in [3.05, 3.63) is 52.1 Å². The first-order chi connectivity index (χ1) is 24.6. The topological polar surface area (TPSA) is 134 Å². The van der Waals surface area contributed by atoms with E-state index in [9.17, 15) is 14.4 Å². The summed E-state index contributed by atoms with van der Waals surface area (Å²) in [5.41, 5.74) is 2.77. The van der Waals surface area contributed by atoms with Gasteiger partial charge in [-0.3, -0.25) is 4.79 Å². The van der Waals surface area contributed by atoms with Crippen LogP contribution >= 0.6 is 0 Å². The first-order valence-electron chi connectivity index (χ1n) is 17.4. The highest BCUT2D eigenvalue weighted by Gasteiger charge is 2.36. The van der Waals surface area contributed by atoms with Gasteiger partial charge in [-0.2, -0.15) is 0 Å². The predicted molar refractivity (Wildman–Crippen MR) is 195 cm³/mol. The fourth-order valence-corrected chi connectivity index (χ4v) is 6.18. The highest BCUT2D eigenvalue weighted by Crippen LogP contribution is 2.48. The van der Waals surface area contributed by atoms with E-state index in [1.54, 1.807) is 27.4 Å². The van der Waals surface area contributed by atoms with E-state index >= 15 is 0 Å². The van der Waals surface area contributed by atoms with Gasteiger partial charge in [0, 0.05) is 22.8 Å². The third kappa shape index (κ3) is 11.1. The van der Waals surface area contributed by atoms with Crippen LogP contribution in [-0.4, -0.2) is 84.8 Å². The summed E-state index contributed by atoms with van der Waals surface area (Å²) in [6.45, 7) is 9.52. The van der Waals surface area contributed by atoms with Crippen molar-refractivity contribution in [1.29, 1.82) is 0 Å². The molecule has 0 unspecified atom stereocenters. The summed E-state index contributed by atoms with van der Waals surface area (Å²) in [7, 11) is 8.92. The molecule has 0 saturated heterocycles. The van der Waals surface area contributed by atoms with E-state index in [0.29, 0.717) is 59.1 Å². The van der Waals surface area contributed by atoms with Crippen LogP contribution in [0.1, 0.15) is 99.9 Å². The summed E-state index contributed by atoms with van der Waals surface area (Å²) >= 11 is 0. The molecule has 2 aromatic carbocycles. The number of carbonyl (C=O) groups excluding carboxylic acids is 3. The lowest BCUT2D eigenvalue weighted by atomic mass is 9.88. The Bertz CT molecular complexity index is 1590. The number of hydrogen-bond donors (Lipinski definition) is 0. The number of methoxy groups -OCH3 is 6. The fraction of sp³-hybridized carbons (Fsp3) is 0.575. The molecule has 0 spiro atoms. The first-order valence-corrected chi connectivity index (χ1v) is 17.4. The fourth-order valence-electron chi connectivity index (χ4n) is 6.18. The highest BCUT2D eigenvalue weighted by atomic mass is 16.6. The van der Waals surface area contributed by atoms with Gasteiger partial charge in [-0.05, 0) is 79.2 Å². The molecule has 3 rings (SSSR count). The normalized spacial score (nSPS) is 14.6. The second kappa shape index (κ2) is 19.0. The smallest absolute Gasteiger partial charge is 0.331 e. The third-order valence-electron chi connectivity index (χ3n) is 9.28. The second-order valence-corrected chi connectivity index (χ2v) is 13.9. The Morgan fingerprint density at radius 3 is 1.96 bits per heavy atom. The molecule has 0 radical (unpaired) electrons. The molecule has 52 heavy (non-hydrogen) atoms. The van der Waals surface area contributed by atoms with Crippen LogP contribution in [0.3, 0.4) is 0 Å². The minimum Gasteiger partial charge on any atom is -0.496 e. The summed E-state index contributed by atoms with van der Waals surface area (Å²) in [5, 5.41) is 0. The molecule has 1 atom stereocenters. The maximum Gasteiger partial charge on any atom is 0.331 e. The van der Waals surface area contributed by atoms with Crippen molar-refractivity contribution in [3.8, 4) is 28.7 Å². The molecule has 1 heterocycles. The monoisotopic (exact) mass is 728 g/mol. The van der Waals surface area contributed by atoms with Gasteiger partial charge in [0.15, 0.2) is 17.3 Å². The van der Waals surface area contributed by atoms with Crippen LogP contribution in [0.2, 0.25) is 0 Å². The average molecular weight is 729 g/mol. The van der Waals surface area contributed by atoms with Gasteiger partial charge in [-0.25, -0.2) is 9.59 Å². The number of ether oxygens (including phenoxy) is 9. The molecule has 0 bridgehead atoms. The maximum absolute atomic E-state index is 14.0. The number of carbonyl (C=O) groups is 3. The molecule has 288 valence electrons. The number of ketones is 1. The van der Waals surface area contributed by atoms with Gasteiger partial charge in [0.05, 0.1) is 60.3 Å². The lowest BCUT2D eigenvalue weighted by Crippen LogP contribution is -2.29. The summed E-state index contributed by atoms with van der Waals surface area (Å²) in [6.07, 6.45) is 5.55. The van der Waals surface area contributed by atoms with E-state index in [-0.39, 0.29) is 25.4 Å². The van der Waals surface area contributed by atoms with Crippen molar-refractivity contribution >= 4 is 17.7 Å². The van der Waals surface area contributed by atoms with E-state index in [2.05, 4.69) is 17.7 Å². The van der Waals surface area contributed by atoms with Crippen LogP contribution in [0.25, 0.3) is 0 Å². The quantitative estimate of drug-likeness (QED) is 0.103. The van der Waals surface area contributed by atoms with Gasteiger partial charge in [0.2, 0.25) is 0 Å². The molecular formula is C40H56O12. The number of rotatable bonds is 20. The number of fused-ring (bicyclic) bond motifs is 1. The zero-order valence-electron chi connectivity index (χ0n) is 32.6. The summed E-state index contributed by atoms with van der Waals surface area (Å²) < 4.78 is 50.7. The van der Waals surface area contributed by atoms with Crippen molar-refractivity contribution in [2.45, 2.75) is 96.9 Å². The number of allylic oxidation sites excluding steroid dienone is 2. The number of hydrogen-bond acceptors (Lipinski definition) is 12. The molecule has 1 aliphatic rings. The Morgan fingerprint density at radius 1 is 0.808 bits per heavy atom. The van der Waals surface area contributed by atoms with Crippen LogP contribution in [0, 0.1) is 0 Å². The van der Waals surface area contributed by atoms with Gasteiger partial charge in [-0.15, -0.1) is 0 Å². The molecule has 12 nitrogen and oxygen atoms in total. The summed E-state index contributed by atoms with van der Waals surface area (Å²) in [4.78, 5) is 37.2. The Labute approximate surface area is 308 Å². The van der Waals surface area contributed by atoms with E-state index in [4.69, 9.17) is 37.9 Å². The Morgan fingerprint density at radius 2 is 1.40 bits per heavy atom. The SMILES string of the molecule is COC(=O)COC(C)(C)CCC/C(C)=C/Cc1c([C@@H]2CC(=O)c3c(cc(OC)c(CCC(C)(C)OCC(=O)OC)c3OC)O2)ccc(OC)c1OC. The number of Topliss-reactive ketones (excluding diaryl/α,β-unsaturated/α-hetero) is 1. The lowest BCUT2D eigenvalue weighted by molar-refractivity contribution is -0.152. The van der Waals surface area contributed by atoms with Crippen molar-refractivity contribution in [2.24, 2.45) is 0 Å². The van der Waals surface area contributed by atoms with Crippen molar-refractivity contribution in [3.63, 3.8) is 0 Å². The summed E-state index contributed by atoms with van der Waals surface area (Å²) in [6, 6.07) is 5.48. The molecule has 0 N–H and O–H groups in total. The Balaban J connectivity index is 1.89. The Kier molecular flexibility index (Phi) is 15.4. The van der Waals surface area contributed by atoms with E-state index < -0.39 is 29.2 Å². The van der Waals surface area contributed by atoms with Crippen molar-refractivity contribution in [1.82, 2.24) is 0 Å². The van der Waals surface area contributed by atoms with E-state index in [0.717, 1.165) is 30.4 Å². The van der Waals surface area contributed by atoms with Crippen LogP contribution in [-0.2, 0) is 41.4 Å². The van der Waals surface area contributed by atoms with Gasteiger partial charge < -0.3 is 42.6 Å². The standard InChI is InChI=1S/C40H56O12/c1-25(13-12-19-39(2,3)50-23-34(42)46-8)14-15-27-26(16-17-30(44-6)37(27)48-10)32-21-29(41)36-33(52-32)22-31(45-7)28(38(36)49-11)18-20-40(4,5)51-24-35(43)47-9/h14,16-17,22,32H,12-13,15,18-21,23-24H2,1-11H3/b25-14+/t32-/m0/s1. The molecule has 12 heteroatoms. The highest BCUT2D eigenvalue weighted by molar-refractivity contribution is 6.03. The molecular weight excluding hydrogens is 672 g/mol.